The van der Waals surface area contributed by atoms with Crippen molar-refractivity contribution in [2.45, 2.75) is 6.54 Å². The van der Waals surface area contributed by atoms with E-state index in [1.54, 1.807) is 12.3 Å². The molecule has 3 rings (SSSR count). The topological polar surface area (TPSA) is 88.2 Å². The Morgan fingerprint density at radius 3 is 2.68 bits per heavy atom. The zero-order chi connectivity index (χ0) is 15.4. The van der Waals surface area contributed by atoms with E-state index in [1.807, 2.05) is 36.4 Å². The number of benzene rings is 1. The van der Waals surface area contributed by atoms with Crippen LogP contribution in [0.2, 0.25) is 0 Å². The zero-order valence-electron chi connectivity index (χ0n) is 11.6. The predicted octanol–water partition coefficient (Wildman–Crippen LogP) is 3.05. The molecule has 0 aliphatic heterocycles. The molecule has 3 aromatic rings. The maximum atomic E-state index is 11.3. The van der Waals surface area contributed by atoms with E-state index in [2.05, 4.69) is 15.3 Å². The van der Waals surface area contributed by atoms with E-state index in [0.29, 0.717) is 18.2 Å². The van der Waals surface area contributed by atoms with E-state index >= 15 is 0 Å². The molecule has 110 valence electrons. The first-order chi connectivity index (χ1) is 10.7. The van der Waals surface area contributed by atoms with E-state index in [-0.39, 0.29) is 5.56 Å². The van der Waals surface area contributed by atoms with Crippen molar-refractivity contribution >= 4 is 11.9 Å². The second-order valence-electron chi connectivity index (χ2n) is 4.56. The summed E-state index contributed by atoms with van der Waals surface area (Å²) in [7, 11) is 0. The molecule has 0 spiro atoms. The molecule has 2 N–H and O–H groups in total. The summed E-state index contributed by atoms with van der Waals surface area (Å²) in [5.41, 5.74) is 1.17. The highest BCUT2D eigenvalue weighted by Crippen LogP contribution is 2.22. The number of carboxylic acids is 1. The van der Waals surface area contributed by atoms with E-state index < -0.39 is 5.97 Å². The lowest BCUT2D eigenvalue weighted by Gasteiger charge is -2.08. The van der Waals surface area contributed by atoms with Gasteiger partial charge < -0.3 is 14.8 Å². The van der Waals surface area contributed by atoms with Gasteiger partial charge in [-0.15, -0.1) is 0 Å². The van der Waals surface area contributed by atoms with Crippen molar-refractivity contribution < 1.29 is 14.3 Å². The predicted molar refractivity (Wildman–Crippen MR) is 80.5 cm³/mol. The number of aromatic nitrogens is 2. The standard InChI is InChI=1S/C16H13N3O3/c20-15(21)13-10-18-16(17-9-12-7-4-8-22-12)19-14(13)11-5-2-1-3-6-11/h1-8,10H,9H2,(H,20,21)(H,17,18,19). The summed E-state index contributed by atoms with van der Waals surface area (Å²) in [6.45, 7) is 0.424. The fourth-order valence-corrected chi connectivity index (χ4v) is 2.02. The Labute approximate surface area is 126 Å². The van der Waals surface area contributed by atoms with Crippen LogP contribution in [0.4, 0.5) is 5.95 Å². The average Bonchev–Trinajstić information content (AvgIpc) is 3.07. The van der Waals surface area contributed by atoms with Crippen molar-refractivity contribution in [3.8, 4) is 11.3 Å². The second kappa shape index (κ2) is 6.09. The average molecular weight is 295 g/mol. The number of aromatic carboxylic acids is 1. The van der Waals surface area contributed by atoms with Gasteiger partial charge in [0, 0.05) is 11.8 Å². The highest BCUT2D eigenvalue weighted by molar-refractivity contribution is 5.94. The van der Waals surface area contributed by atoms with Crippen LogP contribution < -0.4 is 5.32 Å². The molecule has 0 aliphatic carbocycles. The smallest absolute Gasteiger partial charge is 0.339 e. The molecule has 0 amide bonds. The summed E-state index contributed by atoms with van der Waals surface area (Å²) < 4.78 is 5.22. The number of nitrogens with one attached hydrogen (secondary N) is 1. The number of nitrogens with zero attached hydrogens (tertiary/aromatic N) is 2. The van der Waals surface area contributed by atoms with E-state index in [0.717, 1.165) is 11.3 Å². The fraction of sp³-hybridized carbons (Fsp3) is 0.0625. The van der Waals surface area contributed by atoms with Gasteiger partial charge in [0.05, 0.1) is 18.5 Å². The summed E-state index contributed by atoms with van der Waals surface area (Å²) in [5.74, 6) is 0.0314. The third-order valence-corrected chi connectivity index (χ3v) is 3.07. The van der Waals surface area contributed by atoms with Gasteiger partial charge in [-0.25, -0.2) is 14.8 Å². The van der Waals surface area contributed by atoms with Gasteiger partial charge in [0.15, 0.2) is 0 Å². The van der Waals surface area contributed by atoms with Gasteiger partial charge in [-0.3, -0.25) is 0 Å². The Kier molecular flexibility index (Phi) is 3.82. The first-order valence-electron chi connectivity index (χ1n) is 6.66. The summed E-state index contributed by atoms with van der Waals surface area (Å²) in [6, 6.07) is 12.8. The van der Waals surface area contributed by atoms with Gasteiger partial charge in [-0.2, -0.15) is 0 Å². The van der Waals surface area contributed by atoms with Crippen LogP contribution in [0.1, 0.15) is 16.1 Å². The highest BCUT2D eigenvalue weighted by Gasteiger charge is 2.15. The van der Waals surface area contributed by atoms with Gasteiger partial charge in [0.25, 0.3) is 0 Å². The van der Waals surface area contributed by atoms with Crippen molar-refractivity contribution in [3.63, 3.8) is 0 Å². The van der Waals surface area contributed by atoms with Crippen LogP contribution in [0.3, 0.4) is 0 Å². The molecule has 0 fully saturated rings. The number of hydrogen-bond acceptors (Lipinski definition) is 5. The minimum absolute atomic E-state index is 0.0646. The maximum absolute atomic E-state index is 11.3. The number of furan rings is 1. The van der Waals surface area contributed by atoms with E-state index in [4.69, 9.17) is 4.42 Å². The van der Waals surface area contributed by atoms with Crippen molar-refractivity contribution in [1.29, 1.82) is 0 Å². The van der Waals surface area contributed by atoms with Gasteiger partial charge in [-0.05, 0) is 12.1 Å². The lowest BCUT2D eigenvalue weighted by molar-refractivity contribution is 0.0697. The van der Waals surface area contributed by atoms with Crippen LogP contribution in [-0.4, -0.2) is 21.0 Å². The van der Waals surface area contributed by atoms with Crippen LogP contribution in [0.15, 0.2) is 59.3 Å². The third kappa shape index (κ3) is 2.95. The Hall–Kier alpha value is -3.15. The molecule has 6 nitrogen and oxygen atoms in total. The molecule has 0 bridgehead atoms. The summed E-state index contributed by atoms with van der Waals surface area (Å²) in [4.78, 5) is 19.7. The first-order valence-corrected chi connectivity index (χ1v) is 6.66. The van der Waals surface area contributed by atoms with Gasteiger partial charge in [0.2, 0.25) is 5.95 Å². The SMILES string of the molecule is O=C(O)c1cnc(NCc2ccco2)nc1-c1ccccc1. The summed E-state index contributed by atoms with van der Waals surface area (Å²) >= 11 is 0. The molecule has 1 aromatic carbocycles. The number of anilines is 1. The lowest BCUT2D eigenvalue weighted by Crippen LogP contribution is -2.08. The number of hydrogen-bond donors (Lipinski definition) is 2. The molecule has 0 aliphatic rings. The van der Waals surface area contributed by atoms with Crippen LogP contribution in [0.25, 0.3) is 11.3 Å². The van der Waals surface area contributed by atoms with Crippen LogP contribution in [0, 0.1) is 0 Å². The highest BCUT2D eigenvalue weighted by atomic mass is 16.4. The third-order valence-electron chi connectivity index (χ3n) is 3.07. The summed E-state index contributed by atoms with van der Waals surface area (Å²) in [5, 5.41) is 12.3. The molecule has 2 heterocycles. The summed E-state index contributed by atoms with van der Waals surface area (Å²) in [6.07, 6.45) is 2.89. The molecule has 6 heteroatoms. The molecule has 0 saturated heterocycles. The molecule has 2 aromatic heterocycles. The van der Waals surface area contributed by atoms with Gasteiger partial charge in [-0.1, -0.05) is 30.3 Å². The second-order valence-corrected chi connectivity index (χ2v) is 4.56. The molecule has 0 atom stereocenters. The Morgan fingerprint density at radius 1 is 1.18 bits per heavy atom. The van der Waals surface area contributed by atoms with Crippen molar-refractivity contribution in [3.05, 3.63) is 66.2 Å². The van der Waals surface area contributed by atoms with Crippen molar-refractivity contribution in [2.24, 2.45) is 0 Å². The minimum atomic E-state index is -1.06. The normalized spacial score (nSPS) is 10.4. The van der Waals surface area contributed by atoms with Crippen LogP contribution in [0.5, 0.6) is 0 Å². The van der Waals surface area contributed by atoms with Gasteiger partial charge in [0.1, 0.15) is 11.3 Å². The lowest BCUT2D eigenvalue weighted by atomic mass is 10.1. The van der Waals surface area contributed by atoms with Crippen molar-refractivity contribution in [1.82, 2.24) is 9.97 Å². The molecule has 22 heavy (non-hydrogen) atoms. The molecule has 0 radical (unpaired) electrons. The molecule has 0 unspecified atom stereocenters. The number of carbonyl (C=O) groups is 1. The number of carboxylic acid groups (broad SMARTS) is 1. The Balaban J connectivity index is 1.92. The minimum Gasteiger partial charge on any atom is -0.478 e. The van der Waals surface area contributed by atoms with Gasteiger partial charge >= 0.3 is 5.97 Å². The molecule has 0 saturated carbocycles. The fourth-order valence-electron chi connectivity index (χ4n) is 2.02. The Bertz CT molecular complexity index is 771. The molecular weight excluding hydrogens is 282 g/mol. The monoisotopic (exact) mass is 295 g/mol. The number of rotatable bonds is 5. The zero-order valence-corrected chi connectivity index (χ0v) is 11.6. The quantitative estimate of drug-likeness (QED) is 0.752. The van der Waals surface area contributed by atoms with Crippen LogP contribution >= 0.6 is 0 Å². The first kappa shape index (κ1) is 13.8. The largest absolute Gasteiger partial charge is 0.478 e. The van der Waals surface area contributed by atoms with Crippen molar-refractivity contribution in [2.75, 3.05) is 5.32 Å². The Morgan fingerprint density at radius 2 is 2.00 bits per heavy atom. The van der Waals surface area contributed by atoms with E-state index in [1.165, 1.54) is 6.20 Å². The van der Waals surface area contributed by atoms with E-state index in [9.17, 15) is 9.90 Å². The van der Waals surface area contributed by atoms with Crippen LogP contribution in [-0.2, 0) is 6.54 Å². The maximum Gasteiger partial charge on any atom is 0.339 e. The molecular formula is C16H13N3O3.